The van der Waals surface area contributed by atoms with Gasteiger partial charge < -0.3 is 5.11 Å². The van der Waals surface area contributed by atoms with E-state index in [4.69, 9.17) is 5.11 Å². The van der Waals surface area contributed by atoms with Crippen LogP contribution in [0.2, 0.25) is 0 Å². The van der Waals surface area contributed by atoms with Gasteiger partial charge in [0.25, 0.3) is 0 Å². The maximum absolute atomic E-state index is 8.96. The first-order valence-corrected chi connectivity index (χ1v) is 7.67. The van der Waals surface area contributed by atoms with Crippen molar-refractivity contribution in [2.24, 2.45) is 0 Å². The Hall–Kier alpha value is -1.24. The van der Waals surface area contributed by atoms with E-state index in [-0.39, 0.29) is 0 Å². The number of benzene rings is 1. The Morgan fingerprint density at radius 2 is 1.47 bits per heavy atom. The summed E-state index contributed by atoms with van der Waals surface area (Å²) in [5.74, 6) is 0.314. The van der Waals surface area contributed by atoms with E-state index in [1.54, 1.807) is 0 Å². The molecule has 0 saturated heterocycles. The van der Waals surface area contributed by atoms with E-state index in [1.165, 1.54) is 30.4 Å². The summed E-state index contributed by atoms with van der Waals surface area (Å²) in [7, 11) is 0. The van der Waals surface area contributed by atoms with Crippen LogP contribution in [0.4, 0.5) is 0 Å². The van der Waals surface area contributed by atoms with Crippen LogP contribution >= 0.6 is 0 Å². The van der Waals surface area contributed by atoms with Crippen molar-refractivity contribution in [1.82, 2.24) is 0 Å². The first-order valence-electron chi connectivity index (χ1n) is 7.67. The largest absolute Gasteiger partial charge is 0.513 e. The van der Waals surface area contributed by atoms with Gasteiger partial charge in [-0.2, -0.15) is 0 Å². The average Bonchev–Trinajstić information content (AvgIpc) is 2.42. The summed E-state index contributed by atoms with van der Waals surface area (Å²) >= 11 is 0. The molecule has 1 rings (SSSR count). The third-order valence-corrected chi connectivity index (χ3v) is 2.99. The van der Waals surface area contributed by atoms with Crippen LogP contribution in [0.25, 0.3) is 0 Å². The minimum absolute atomic E-state index is 0.314. The fourth-order valence-corrected chi connectivity index (χ4v) is 2.00. The van der Waals surface area contributed by atoms with Crippen molar-refractivity contribution < 1.29 is 5.11 Å². The Morgan fingerprint density at radius 3 is 1.95 bits per heavy atom. The molecule has 1 aromatic rings. The highest BCUT2D eigenvalue weighted by molar-refractivity contribution is 5.22. The Kier molecular flexibility index (Phi) is 11.1. The number of hydrogen-bond donors (Lipinski definition) is 1. The predicted molar refractivity (Wildman–Crippen MR) is 85.7 cm³/mol. The molecule has 0 radical (unpaired) electrons. The van der Waals surface area contributed by atoms with E-state index in [9.17, 15) is 0 Å². The van der Waals surface area contributed by atoms with Gasteiger partial charge in [-0.25, -0.2) is 0 Å². The number of rotatable bonds is 8. The van der Waals surface area contributed by atoms with Crippen LogP contribution in [-0.2, 0) is 12.8 Å². The van der Waals surface area contributed by atoms with Gasteiger partial charge in [0.1, 0.15) is 0 Å². The lowest BCUT2D eigenvalue weighted by atomic mass is 10.0. The standard InChI is InChI=1S/C16H24O.C2H6/c1-3-7-15-10-12-16(13-11-15)9-6-4-5-8-14(2)17;1-2/h10-13,17H,2-9H2,1H3;1-2H3. The molecule has 0 atom stereocenters. The molecule has 0 fully saturated rings. The maximum atomic E-state index is 8.96. The highest BCUT2D eigenvalue weighted by atomic mass is 16.3. The van der Waals surface area contributed by atoms with Crippen LogP contribution < -0.4 is 0 Å². The third-order valence-electron chi connectivity index (χ3n) is 2.99. The summed E-state index contributed by atoms with van der Waals surface area (Å²) in [6.07, 6.45) is 7.68. The van der Waals surface area contributed by atoms with E-state index in [1.807, 2.05) is 13.8 Å². The van der Waals surface area contributed by atoms with Gasteiger partial charge in [-0.15, -0.1) is 0 Å². The summed E-state index contributed by atoms with van der Waals surface area (Å²) in [5.41, 5.74) is 2.86. The van der Waals surface area contributed by atoms with Gasteiger partial charge in [0, 0.05) is 6.42 Å². The molecular formula is C18H30O. The van der Waals surface area contributed by atoms with Gasteiger partial charge in [-0.1, -0.05) is 64.5 Å². The van der Waals surface area contributed by atoms with Crippen LogP contribution in [0.5, 0.6) is 0 Å². The molecular weight excluding hydrogens is 232 g/mol. The highest BCUT2D eigenvalue weighted by Gasteiger charge is 1.96. The quantitative estimate of drug-likeness (QED) is 0.461. The van der Waals surface area contributed by atoms with Crippen molar-refractivity contribution in [3.05, 3.63) is 47.7 Å². The first kappa shape index (κ1) is 17.8. The number of aliphatic hydroxyl groups excluding tert-OH is 1. The monoisotopic (exact) mass is 262 g/mol. The molecule has 0 unspecified atom stereocenters. The highest BCUT2D eigenvalue weighted by Crippen LogP contribution is 2.11. The van der Waals surface area contributed by atoms with Crippen molar-refractivity contribution in [3.8, 4) is 0 Å². The minimum Gasteiger partial charge on any atom is -0.513 e. The number of unbranched alkanes of at least 4 members (excludes halogenated alkanes) is 2. The van der Waals surface area contributed by atoms with Gasteiger partial charge >= 0.3 is 0 Å². The molecule has 1 N–H and O–H groups in total. The molecule has 0 aliphatic heterocycles. The second-order valence-corrected chi connectivity index (χ2v) is 4.69. The zero-order valence-corrected chi connectivity index (χ0v) is 12.9. The Bertz CT molecular complexity index is 324. The normalized spacial score (nSPS) is 9.63. The van der Waals surface area contributed by atoms with Crippen LogP contribution in [0, 0.1) is 0 Å². The molecule has 19 heavy (non-hydrogen) atoms. The fraction of sp³-hybridized carbons (Fsp3) is 0.556. The number of hydrogen-bond acceptors (Lipinski definition) is 1. The molecule has 108 valence electrons. The zero-order valence-electron chi connectivity index (χ0n) is 12.9. The summed E-state index contributed by atoms with van der Waals surface area (Å²) in [6.45, 7) is 9.70. The number of aryl methyl sites for hydroxylation is 2. The first-order chi connectivity index (χ1) is 9.22. The molecule has 0 saturated carbocycles. The lowest BCUT2D eigenvalue weighted by Crippen LogP contribution is -1.89. The van der Waals surface area contributed by atoms with Crippen LogP contribution in [0.1, 0.15) is 64.0 Å². The molecule has 1 nitrogen and oxygen atoms in total. The topological polar surface area (TPSA) is 20.2 Å². The van der Waals surface area contributed by atoms with Gasteiger partial charge in [-0.3, -0.25) is 0 Å². The Labute approximate surface area is 119 Å². The van der Waals surface area contributed by atoms with Crippen molar-refractivity contribution in [3.63, 3.8) is 0 Å². The van der Waals surface area contributed by atoms with E-state index >= 15 is 0 Å². The van der Waals surface area contributed by atoms with E-state index in [2.05, 4.69) is 37.8 Å². The molecule has 0 spiro atoms. The second kappa shape index (κ2) is 11.8. The van der Waals surface area contributed by atoms with Crippen molar-refractivity contribution in [2.75, 3.05) is 0 Å². The zero-order chi connectivity index (χ0) is 14.5. The van der Waals surface area contributed by atoms with Crippen LogP contribution in [-0.4, -0.2) is 5.11 Å². The predicted octanol–water partition coefficient (Wildman–Crippen LogP) is 5.84. The summed E-state index contributed by atoms with van der Waals surface area (Å²) < 4.78 is 0. The summed E-state index contributed by atoms with van der Waals surface area (Å²) in [4.78, 5) is 0. The minimum atomic E-state index is 0.314. The number of aliphatic hydroxyl groups is 1. The lowest BCUT2D eigenvalue weighted by Gasteiger charge is -2.04. The second-order valence-electron chi connectivity index (χ2n) is 4.69. The van der Waals surface area contributed by atoms with Crippen molar-refractivity contribution in [2.45, 2.75) is 65.7 Å². The smallest absolute Gasteiger partial charge is 0.0851 e. The Morgan fingerprint density at radius 1 is 0.947 bits per heavy atom. The van der Waals surface area contributed by atoms with E-state index in [0.29, 0.717) is 5.76 Å². The molecule has 0 heterocycles. The van der Waals surface area contributed by atoms with Crippen LogP contribution in [0.15, 0.2) is 36.6 Å². The van der Waals surface area contributed by atoms with Gasteiger partial charge in [0.2, 0.25) is 0 Å². The van der Waals surface area contributed by atoms with Gasteiger partial charge in [0.15, 0.2) is 0 Å². The maximum Gasteiger partial charge on any atom is 0.0851 e. The van der Waals surface area contributed by atoms with Gasteiger partial charge in [-0.05, 0) is 36.8 Å². The molecule has 0 aliphatic carbocycles. The third kappa shape index (κ3) is 9.35. The van der Waals surface area contributed by atoms with Crippen molar-refractivity contribution in [1.29, 1.82) is 0 Å². The molecule has 1 aromatic carbocycles. The average molecular weight is 262 g/mol. The van der Waals surface area contributed by atoms with E-state index < -0.39 is 0 Å². The van der Waals surface area contributed by atoms with Crippen molar-refractivity contribution >= 4 is 0 Å². The molecule has 0 bridgehead atoms. The Balaban J connectivity index is 0.00000154. The lowest BCUT2D eigenvalue weighted by molar-refractivity contribution is 0.384. The summed E-state index contributed by atoms with van der Waals surface area (Å²) in [6, 6.07) is 8.98. The van der Waals surface area contributed by atoms with E-state index in [0.717, 1.165) is 25.7 Å². The molecule has 0 amide bonds. The molecule has 0 aromatic heterocycles. The summed E-state index contributed by atoms with van der Waals surface area (Å²) in [5, 5.41) is 8.96. The fourth-order valence-electron chi connectivity index (χ4n) is 2.00. The number of allylic oxidation sites excluding steroid dienone is 1. The van der Waals surface area contributed by atoms with Gasteiger partial charge in [0.05, 0.1) is 5.76 Å². The SMILES string of the molecule is C=C(O)CCCCCc1ccc(CCC)cc1.CC. The molecule has 1 heteroatoms. The molecule has 0 aliphatic rings. The van der Waals surface area contributed by atoms with Crippen LogP contribution in [0.3, 0.4) is 0 Å².